The summed E-state index contributed by atoms with van der Waals surface area (Å²) in [5.41, 5.74) is 0. The molecule has 0 saturated carbocycles. The molecule has 0 rings (SSSR count). The van der Waals surface area contributed by atoms with Crippen molar-refractivity contribution in [2.75, 3.05) is 7.11 Å². The molecule has 0 bridgehead atoms. The van der Waals surface area contributed by atoms with Crippen LogP contribution in [0.1, 0.15) is 33.1 Å². The Balaban J connectivity index is 3.64. The minimum absolute atomic E-state index is 0.0645. The molecule has 0 amide bonds. The van der Waals surface area contributed by atoms with Crippen molar-refractivity contribution in [2.24, 2.45) is 5.92 Å². The SMILES string of the molecule is CCC(C)C(=O)CCC(=O)OC. The summed E-state index contributed by atoms with van der Waals surface area (Å²) >= 11 is 0. The molecule has 0 aliphatic heterocycles. The fourth-order valence-corrected chi connectivity index (χ4v) is 0.801. The summed E-state index contributed by atoms with van der Waals surface area (Å²) in [6.45, 7) is 3.83. The van der Waals surface area contributed by atoms with Gasteiger partial charge >= 0.3 is 5.97 Å². The molecule has 0 N–H and O–H groups in total. The van der Waals surface area contributed by atoms with Crippen LogP contribution >= 0.6 is 0 Å². The van der Waals surface area contributed by atoms with E-state index in [1.165, 1.54) is 7.11 Å². The number of carbonyl (C=O) groups is 2. The monoisotopic (exact) mass is 172 g/mol. The number of hydrogen-bond donors (Lipinski definition) is 0. The minimum atomic E-state index is -0.313. The first kappa shape index (κ1) is 11.1. The van der Waals surface area contributed by atoms with E-state index in [0.717, 1.165) is 6.42 Å². The second-order valence-corrected chi connectivity index (χ2v) is 2.85. The summed E-state index contributed by atoms with van der Waals surface area (Å²) in [7, 11) is 1.33. The lowest BCUT2D eigenvalue weighted by Crippen LogP contribution is -2.12. The number of ether oxygens (including phenoxy) is 1. The zero-order chi connectivity index (χ0) is 9.56. The molecule has 0 fully saturated rings. The summed E-state index contributed by atoms with van der Waals surface area (Å²) < 4.78 is 4.42. The van der Waals surface area contributed by atoms with Crippen LogP contribution < -0.4 is 0 Å². The quantitative estimate of drug-likeness (QED) is 0.591. The zero-order valence-corrected chi connectivity index (χ0v) is 7.92. The largest absolute Gasteiger partial charge is 0.469 e. The predicted molar refractivity (Wildman–Crippen MR) is 45.7 cm³/mol. The van der Waals surface area contributed by atoms with Gasteiger partial charge in [0, 0.05) is 12.3 Å². The Morgan fingerprint density at radius 1 is 1.33 bits per heavy atom. The highest BCUT2D eigenvalue weighted by atomic mass is 16.5. The predicted octanol–water partition coefficient (Wildman–Crippen LogP) is 1.55. The van der Waals surface area contributed by atoms with Crippen molar-refractivity contribution in [1.29, 1.82) is 0 Å². The van der Waals surface area contributed by atoms with Crippen molar-refractivity contribution in [3.63, 3.8) is 0 Å². The molecule has 1 atom stereocenters. The summed E-state index contributed by atoms with van der Waals surface area (Å²) in [4.78, 5) is 21.8. The van der Waals surface area contributed by atoms with Crippen molar-refractivity contribution in [3.05, 3.63) is 0 Å². The number of esters is 1. The molecule has 0 aromatic heterocycles. The fourth-order valence-electron chi connectivity index (χ4n) is 0.801. The van der Waals surface area contributed by atoms with Gasteiger partial charge in [0.05, 0.1) is 13.5 Å². The van der Waals surface area contributed by atoms with Crippen LogP contribution in [0.3, 0.4) is 0 Å². The maximum absolute atomic E-state index is 11.2. The summed E-state index contributed by atoms with van der Waals surface area (Å²) in [6.07, 6.45) is 1.35. The van der Waals surface area contributed by atoms with Gasteiger partial charge in [0.1, 0.15) is 5.78 Å². The molecule has 0 aromatic rings. The maximum Gasteiger partial charge on any atom is 0.305 e. The highest BCUT2D eigenvalue weighted by Crippen LogP contribution is 2.07. The molecule has 0 spiro atoms. The average Bonchev–Trinajstić information content (AvgIpc) is 2.11. The normalized spacial score (nSPS) is 12.2. The van der Waals surface area contributed by atoms with Gasteiger partial charge in [-0.25, -0.2) is 0 Å². The number of methoxy groups -OCH3 is 1. The summed E-state index contributed by atoms with van der Waals surface area (Å²) in [6, 6.07) is 0. The molecule has 1 unspecified atom stereocenters. The van der Waals surface area contributed by atoms with Crippen LogP contribution in [-0.4, -0.2) is 18.9 Å². The van der Waals surface area contributed by atoms with Gasteiger partial charge in [-0.1, -0.05) is 13.8 Å². The standard InChI is InChI=1S/C9H16O3/c1-4-7(2)8(10)5-6-9(11)12-3/h7H,4-6H2,1-3H3. The molecule has 3 heteroatoms. The Hall–Kier alpha value is -0.860. The summed E-state index contributed by atoms with van der Waals surface area (Å²) in [5.74, 6) is -0.107. The molecule has 0 radical (unpaired) electrons. The van der Waals surface area contributed by atoms with Crippen molar-refractivity contribution < 1.29 is 14.3 Å². The second-order valence-electron chi connectivity index (χ2n) is 2.85. The van der Waals surface area contributed by atoms with Gasteiger partial charge in [-0.15, -0.1) is 0 Å². The first-order valence-corrected chi connectivity index (χ1v) is 4.21. The first-order chi connectivity index (χ1) is 5.61. The zero-order valence-electron chi connectivity index (χ0n) is 7.92. The van der Waals surface area contributed by atoms with Crippen molar-refractivity contribution in [2.45, 2.75) is 33.1 Å². The fraction of sp³-hybridized carbons (Fsp3) is 0.778. The molecule has 0 saturated heterocycles. The van der Waals surface area contributed by atoms with Crippen molar-refractivity contribution in [1.82, 2.24) is 0 Å². The molecule has 3 nitrogen and oxygen atoms in total. The van der Waals surface area contributed by atoms with E-state index >= 15 is 0 Å². The third-order valence-corrected chi connectivity index (χ3v) is 1.97. The highest BCUT2D eigenvalue weighted by Gasteiger charge is 2.12. The number of ketones is 1. The van der Waals surface area contributed by atoms with Gasteiger partial charge < -0.3 is 4.74 Å². The van der Waals surface area contributed by atoms with Crippen LogP contribution in [-0.2, 0) is 14.3 Å². The number of hydrogen-bond acceptors (Lipinski definition) is 3. The van der Waals surface area contributed by atoms with E-state index in [1.54, 1.807) is 0 Å². The van der Waals surface area contributed by atoms with E-state index in [9.17, 15) is 9.59 Å². The Bertz CT molecular complexity index is 163. The smallest absolute Gasteiger partial charge is 0.305 e. The number of rotatable bonds is 5. The lowest BCUT2D eigenvalue weighted by molar-refractivity contribution is -0.142. The molecular formula is C9H16O3. The minimum Gasteiger partial charge on any atom is -0.469 e. The van der Waals surface area contributed by atoms with Crippen LogP contribution in [0.15, 0.2) is 0 Å². The number of carbonyl (C=O) groups excluding carboxylic acids is 2. The third kappa shape index (κ3) is 4.11. The van der Waals surface area contributed by atoms with Crippen LogP contribution in [0.4, 0.5) is 0 Å². The third-order valence-electron chi connectivity index (χ3n) is 1.97. The van der Waals surface area contributed by atoms with E-state index in [0.29, 0.717) is 6.42 Å². The second kappa shape index (κ2) is 5.75. The van der Waals surface area contributed by atoms with E-state index in [1.807, 2.05) is 13.8 Å². The van der Waals surface area contributed by atoms with Crippen molar-refractivity contribution >= 4 is 11.8 Å². The molecule has 70 valence electrons. The summed E-state index contributed by atoms with van der Waals surface area (Å²) in [5, 5.41) is 0. The maximum atomic E-state index is 11.2. The van der Waals surface area contributed by atoms with Gasteiger partial charge in [0.2, 0.25) is 0 Å². The van der Waals surface area contributed by atoms with Gasteiger partial charge in [-0.05, 0) is 6.42 Å². The average molecular weight is 172 g/mol. The Morgan fingerprint density at radius 3 is 2.33 bits per heavy atom. The lowest BCUT2D eigenvalue weighted by Gasteiger charge is -2.05. The highest BCUT2D eigenvalue weighted by molar-refractivity contribution is 5.84. The molecule has 0 aromatic carbocycles. The Morgan fingerprint density at radius 2 is 1.92 bits per heavy atom. The van der Waals surface area contributed by atoms with E-state index in [2.05, 4.69) is 4.74 Å². The van der Waals surface area contributed by atoms with Crippen LogP contribution in [0.25, 0.3) is 0 Å². The van der Waals surface area contributed by atoms with Crippen molar-refractivity contribution in [3.8, 4) is 0 Å². The topological polar surface area (TPSA) is 43.4 Å². The Kier molecular flexibility index (Phi) is 5.34. The Labute approximate surface area is 73.1 Å². The van der Waals surface area contributed by atoms with E-state index in [4.69, 9.17) is 0 Å². The van der Waals surface area contributed by atoms with Gasteiger partial charge in [-0.2, -0.15) is 0 Å². The van der Waals surface area contributed by atoms with E-state index in [-0.39, 0.29) is 24.1 Å². The molecule has 0 aliphatic rings. The number of Topliss-reactive ketones (excluding diaryl/α,β-unsaturated/α-hetero) is 1. The lowest BCUT2D eigenvalue weighted by atomic mass is 10.0. The molecule has 0 aliphatic carbocycles. The van der Waals surface area contributed by atoms with E-state index < -0.39 is 0 Å². The van der Waals surface area contributed by atoms with Gasteiger partial charge in [-0.3, -0.25) is 9.59 Å². The molecule has 12 heavy (non-hydrogen) atoms. The molecular weight excluding hydrogens is 156 g/mol. The van der Waals surface area contributed by atoms with Gasteiger partial charge in [0.15, 0.2) is 0 Å². The van der Waals surface area contributed by atoms with Crippen LogP contribution in [0, 0.1) is 5.92 Å². The first-order valence-electron chi connectivity index (χ1n) is 4.21. The van der Waals surface area contributed by atoms with Crippen LogP contribution in [0.2, 0.25) is 0 Å². The van der Waals surface area contributed by atoms with Gasteiger partial charge in [0.25, 0.3) is 0 Å². The van der Waals surface area contributed by atoms with Crippen LogP contribution in [0.5, 0.6) is 0 Å². The molecule has 0 heterocycles.